The van der Waals surface area contributed by atoms with Gasteiger partial charge in [0.05, 0.1) is 33.1 Å². The predicted molar refractivity (Wildman–Crippen MR) is 93.9 cm³/mol. The van der Waals surface area contributed by atoms with Gasteiger partial charge in [0.15, 0.2) is 0 Å². The third kappa shape index (κ3) is 4.27. The summed E-state index contributed by atoms with van der Waals surface area (Å²) in [6.07, 6.45) is 0. The van der Waals surface area contributed by atoms with E-state index in [-0.39, 0.29) is 0 Å². The van der Waals surface area contributed by atoms with E-state index in [2.05, 4.69) is 4.98 Å². The smallest absolute Gasteiger partial charge is 0.0683 e. The van der Waals surface area contributed by atoms with Crippen LogP contribution in [-0.4, -0.2) is 13.4 Å². The van der Waals surface area contributed by atoms with Crippen molar-refractivity contribution in [1.29, 1.82) is 0 Å². The monoisotopic (exact) mass is 343 g/mol. The Morgan fingerprint density at radius 2 is 1.00 bits per heavy atom. The van der Waals surface area contributed by atoms with Crippen molar-refractivity contribution < 1.29 is 8.42 Å². The lowest BCUT2D eigenvalue weighted by atomic mass is 10.4. The van der Waals surface area contributed by atoms with Gasteiger partial charge in [-0.15, -0.1) is 0 Å². The van der Waals surface area contributed by atoms with Crippen LogP contribution in [0.1, 0.15) is 11.4 Å². The lowest BCUT2D eigenvalue weighted by Crippen LogP contribution is -1.99. The van der Waals surface area contributed by atoms with Gasteiger partial charge < -0.3 is 4.98 Å². The molecule has 0 bridgehead atoms. The Balaban J connectivity index is 1.64. The van der Waals surface area contributed by atoms with Gasteiger partial charge in [-0.3, -0.25) is 8.42 Å². The summed E-state index contributed by atoms with van der Waals surface area (Å²) in [7, 11) is -2.15. The highest BCUT2D eigenvalue weighted by atomic mass is 32.2. The van der Waals surface area contributed by atoms with E-state index in [1.807, 2.05) is 72.8 Å². The summed E-state index contributed by atoms with van der Waals surface area (Å²) in [5.74, 6) is 0.865. The lowest BCUT2D eigenvalue weighted by molar-refractivity contribution is 0.682. The van der Waals surface area contributed by atoms with Crippen molar-refractivity contribution >= 4 is 21.6 Å². The molecule has 3 nitrogen and oxygen atoms in total. The number of rotatable bonds is 6. The molecule has 2 atom stereocenters. The second kappa shape index (κ2) is 7.53. The molecule has 5 heteroatoms. The molecule has 2 aromatic carbocycles. The molecule has 3 rings (SSSR count). The van der Waals surface area contributed by atoms with E-state index in [1.54, 1.807) is 0 Å². The van der Waals surface area contributed by atoms with Crippen LogP contribution in [0.3, 0.4) is 0 Å². The number of hydrogen-bond donors (Lipinski definition) is 1. The van der Waals surface area contributed by atoms with Crippen LogP contribution in [0.25, 0.3) is 0 Å². The van der Waals surface area contributed by atoms with Crippen LogP contribution in [0.15, 0.2) is 82.6 Å². The van der Waals surface area contributed by atoms with Gasteiger partial charge in [0.1, 0.15) is 0 Å². The van der Waals surface area contributed by atoms with Crippen molar-refractivity contribution in [3.8, 4) is 0 Å². The first-order valence-electron chi connectivity index (χ1n) is 7.26. The van der Waals surface area contributed by atoms with Crippen molar-refractivity contribution in [3.63, 3.8) is 0 Å². The zero-order valence-electron chi connectivity index (χ0n) is 12.5. The van der Waals surface area contributed by atoms with Gasteiger partial charge >= 0.3 is 0 Å². The molecule has 3 aromatic rings. The zero-order chi connectivity index (χ0) is 16.1. The summed E-state index contributed by atoms with van der Waals surface area (Å²) in [6, 6.07) is 22.7. The maximum atomic E-state index is 12.3. The summed E-state index contributed by atoms with van der Waals surface area (Å²) in [5.41, 5.74) is 1.79. The van der Waals surface area contributed by atoms with E-state index >= 15 is 0 Å². The van der Waals surface area contributed by atoms with Crippen LogP contribution in [0.2, 0.25) is 0 Å². The van der Waals surface area contributed by atoms with E-state index in [9.17, 15) is 8.42 Å². The Bertz CT molecular complexity index is 745. The third-order valence-corrected chi connectivity index (χ3v) is 6.13. The average molecular weight is 343 g/mol. The Kier molecular flexibility index (Phi) is 5.20. The number of nitrogens with one attached hydrogen (secondary N) is 1. The van der Waals surface area contributed by atoms with Crippen molar-refractivity contribution in [2.75, 3.05) is 0 Å². The molecule has 1 heterocycles. The molecule has 0 fully saturated rings. The molecule has 23 heavy (non-hydrogen) atoms. The third-order valence-electron chi connectivity index (χ3n) is 3.39. The zero-order valence-corrected chi connectivity index (χ0v) is 14.1. The summed E-state index contributed by atoms with van der Waals surface area (Å²) in [5, 5.41) is 0. The minimum Gasteiger partial charge on any atom is -0.361 e. The van der Waals surface area contributed by atoms with Crippen LogP contribution in [-0.2, 0) is 33.1 Å². The molecule has 2 unspecified atom stereocenters. The van der Waals surface area contributed by atoms with Crippen LogP contribution in [0.5, 0.6) is 0 Å². The van der Waals surface area contributed by atoms with Crippen LogP contribution >= 0.6 is 0 Å². The molecule has 1 aromatic heterocycles. The van der Waals surface area contributed by atoms with Crippen molar-refractivity contribution in [3.05, 3.63) is 84.2 Å². The van der Waals surface area contributed by atoms with Crippen LogP contribution < -0.4 is 0 Å². The Morgan fingerprint density at radius 3 is 1.39 bits per heavy atom. The minimum atomic E-state index is -1.08. The second-order valence-corrected chi connectivity index (χ2v) is 8.02. The van der Waals surface area contributed by atoms with Crippen LogP contribution in [0.4, 0.5) is 0 Å². The summed E-state index contributed by atoms with van der Waals surface area (Å²) in [4.78, 5) is 4.86. The fourth-order valence-electron chi connectivity index (χ4n) is 2.25. The molecule has 0 aliphatic rings. The maximum Gasteiger partial charge on any atom is 0.0683 e. The molecule has 0 spiro atoms. The molecular formula is C18H17NO2S2. The molecule has 0 aliphatic carbocycles. The van der Waals surface area contributed by atoms with Crippen molar-refractivity contribution in [2.24, 2.45) is 0 Å². The number of hydrogen-bond acceptors (Lipinski definition) is 2. The topological polar surface area (TPSA) is 49.9 Å². The maximum absolute atomic E-state index is 12.3. The SMILES string of the molecule is O=S(Cc1ccc(CS(=O)c2ccccc2)[nH]1)c1ccccc1. The Hall–Kier alpha value is -1.98. The Morgan fingerprint density at radius 1 is 0.609 bits per heavy atom. The van der Waals surface area contributed by atoms with Crippen LogP contribution in [0, 0.1) is 0 Å². The predicted octanol–water partition coefficient (Wildman–Crippen LogP) is 3.63. The first-order chi connectivity index (χ1) is 11.2. The van der Waals surface area contributed by atoms with Gasteiger partial charge in [-0.25, -0.2) is 0 Å². The summed E-state index contributed by atoms with van der Waals surface area (Å²) >= 11 is 0. The number of H-pyrrole nitrogens is 1. The normalized spacial score (nSPS) is 13.6. The van der Waals surface area contributed by atoms with E-state index in [0.29, 0.717) is 11.5 Å². The number of benzene rings is 2. The average Bonchev–Trinajstić information content (AvgIpc) is 3.03. The largest absolute Gasteiger partial charge is 0.361 e. The first kappa shape index (κ1) is 15.9. The van der Waals surface area contributed by atoms with Crippen molar-refractivity contribution in [2.45, 2.75) is 21.3 Å². The summed E-state index contributed by atoms with van der Waals surface area (Å²) in [6.45, 7) is 0. The second-order valence-electron chi connectivity index (χ2n) is 5.11. The van der Waals surface area contributed by atoms with Gasteiger partial charge in [0, 0.05) is 21.2 Å². The molecular weight excluding hydrogens is 326 g/mol. The molecule has 118 valence electrons. The highest BCUT2D eigenvalue weighted by molar-refractivity contribution is 7.84. The summed E-state index contributed by atoms with van der Waals surface area (Å²) < 4.78 is 24.6. The lowest BCUT2D eigenvalue weighted by Gasteiger charge is -2.02. The Labute approximate surface area is 140 Å². The molecule has 0 amide bonds. The molecule has 0 saturated carbocycles. The first-order valence-corrected chi connectivity index (χ1v) is 9.90. The van der Waals surface area contributed by atoms with Crippen molar-refractivity contribution in [1.82, 2.24) is 4.98 Å². The number of aromatic nitrogens is 1. The minimum absolute atomic E-state index is 0.433. The van der Waals surface area contributed by atoms with Gasteiger partial charge in [0.25, 0.3) is 0 Å². The van der Waals surface area contributed by atoms with E-state index in [4.69, 9.17) is 0 Å². The van der Waals surface area contributed by atoms with E-state index < -0.39 is 21.6 Å². The van der Waals surface area contributed by atoms with Gasteiger partial charge in [-0.05, 0) is 36.4 Å². The fraction of sp³-hybridized carbons (Fsp3) is 0.111. The number of aromatic amines is 1. The molecule has 0 saturated heterocycles. The quantitative estimate of drug-likeness (QED) is 0.743. The molecule has 0 aliphatic heterocycles. The van der Waals surface area contributed by atoms with Gasteiger partial charge in [-0.1, -0.05) is 36.4 Å². The standard InChI is InChI=1S/C18H17NO2S2/c20-22(17-7-3-1-4-8-17)13-15-11-12-16(19-15)14-23(21)18-9-5-2-6-10-18/h1-12,19H,13-14H2. The van der Waals surface area contributed by atoms with Gasteiger partial charge in [0.2, 0.25) is 0 Å². The van der Waals surface area contributed by atoms with Gasteiger partial charge in [-0.2, -0.15) is 0 Å². The highest BCUT2D eigenvalue weighted by Gasteiger charge is 2.09. The highest BCUT2D eigenvalue weighted by Crippen LogP contribution is 2.15. The molecule has 1 N–H and O–H groups in total. The molecule has 0 radical (unpaired) electrons. The van der Waals surface area contributed by atoms with E-state index in [1.165, 1.54) is 0 Å². The fourth-order valence-corrected chi connectivity index (χ4v) is 4.41. The van der Waals surface area contributed by atoms with E-state index in [0.717, 1.165) is 21.2 Å².